The number of rotatable bonds is 9. The van der Waals surface area contributed by atoms with Crippen LogP contribution in [0.3, 0.4) is 0 Å². The number of hydrogen-bond donors (Lipinski definition) is 2. The Kier molecular flexibility index (Phi) is 9.44. The molecule has 1 atom stereocenters. The first-order valence-corrected chi connectivity index (χ1v) is 14.4. The zero-order valence-electron chi connectivity index (χ0n) is 25.2. The van der Waals surface area contributed by atoms with Crippen LogP contribution in [0.4, 0.5) is 46.3 Å². The zero-order chi connectivity index (χ0) is 32.3. The number of piperidine rings is 1. The second-order valence-corrected chi connectivity index (χ2v) is 11.1. The average molecular weight is 630 g/mol. The predicted octanol–water partition coefficient (Wildman–Crippen LogP) is 5.92. The van der Waals surface area contributed by atoms with Crippen molar-refractivity contribution in [3.63, 3.8) is 0 Å². The van der Waals surface area contributed by atoms with Gasteiger partial charge in [0.25, 0.3) is 0 Å². The second-order valence-electron chi connectivity index (χ2n) is 11.1. The number of carbonyl (C=O) groups excluding carboxylic acids is 1. The SMILES string of the molecule is C=CC(=O)Nc1cc(Nc2cc(N3OCC[C@@H]3c3cc(F)cc(C(F)(F)F)c3)ncn2)c(OC)cc1N1CCC(N(C)C)CC1. The van der Waals surface area contributed by atoms with Crippen LogP contribution in [0.5, 0.6) is 5.75 Å². The van der Waals surface area contributed by atoms with Crippen LogP contribution in [0.15, 0.2) is 55.4 Å². The zero-order valence-corrected chi connectivity index (χ0v) is 25.2. The van der Waals surface area contributed by atoms with Crippen molar-refractivity contribution < 1.29 is 31.9 Å². The van der Waals surface area contributed by atoms with Gasteiger partial charge in [0.15, 0.2) is 5.82 Å². The molecule has 240 valence electrons. The Hall–Kier alpha value is -4.43. The van der Waals surface area contributed by atoms with Crippen LogP contribution < -0.4 is 25.3 Å². The van der Waals surface area contributed by atoms with Gasteiger partial charge < -0.3 is 25.2 Å². The van der Waals surface area contributed by atoms with E-state index in [4.69, 9.17) is 9.57 Å². The number of ether oxygens (including phenoxy) is 1. The highest BCUT2D eigenvalue weighted by atomic mass is 19.4. The van der Waals surface area contributed by atoms with E-state index in [1.807, 2.05) is 6.07 Å². The molecule has 10 nitrogen and oxygen atoms in total. The van der Waals surface area contributed by atoms with Gasteiger partial charge in [-0.3, -0.25) is 9.63 Å². The summed E-state index contributed by atoms with van der Waals surface area (Å²) in [6, 6.07) is 7.36. The van der Waals surface area contributed by atoms with E-state index in [2.05, 4.69) is 51.1 Å². The molecule has 14 heteroatoms. The third-order valence-electron chi connectivity index (χ3n) is 7.97. The van der Waals surface area contributed by atoms with Crippen LogP contribution in [0.1, 0.15) is 36.4 Å². The molecule has 3 aromatic rings. The number of alkyl halides is 3. The summed E-state index contributed by atoms with van der Waals surface area (Å²) >= 11 is 0. The molecule has 3 heterocycles. The first-order chi connectivity index (χ1) is 21.5. The van der Waals surface area contributed by atoms with Crippen LogP contribution in [0.2, 0.25) is 0 Å². The fourth-order valence-electron chi connectivity index (χ4n) is 5.64. The normalized spacial score (nSPS) is 17.5. The number of carbonyl (C=O) groups is 1. The molecular weight excluding hydrogens is 594 g/mol. The van der Waals surface area contributed by atoms with Crippen LogP contribution in [0.25, 0.3) is 0 Å². The largest absolute Gasteiger partial charge is 0.494 e. The number of hydroxylamine groups is 1. The minimum Gasteiger partial charge on any atom is -0.494 e. The van der Waals surface area contributed by atoms with Gasteiger partial charge in [0.05, 0.1) is 42.4 Å². The lowest BCUT2D eigenvalue weighted by molar-refractivity contribution is -0.137. The number of aromatic nitrogens is 2. The third-order valence-corrected chi connectivity index (χ3v) is 7.97. The molecule has 5 rings (SSSR count). The van der Waals surface area contributed by atoms with E-state index in [1.54, 1.807) is 12.1 Å². The molecule has 0 radical (unpaired) electrons. The lowest BCUT2D eigenvalue weighted by Gasteiger charge is -2.37. The van der Waals surface area contributed by atoms with Crippen molar-refractivity contribution in [2.45, 2.75) is 37.5 Å². The summed E-state index contributed by atoms with van der Waals surface area (Å²) < 4.78 is 60.1. The molecule has 1 aromatic heterocycles. The molecule has 0 unspecified atom stereocenters. The van der Waals surface area contributed by atoms with Gasteiger partial charge in [-0.1, -0.05) is 6.58 Å². The number of nitrogens with zero attached hydrogens (tertiary/aromatic N) is 5. The number of anilines is 5. The van der Waals surface area contributed by atoms with E-state index in [9.17, 15) is 22.4 Å². The second kappa shape index (κ2) is 13.3. The summed E-state index contributed by atoms with van der Waals surface area (Å²) in [5, 5.41) is 7.44. The fraction of sp³-hybridized carbons (Fsp3) is 0.387. The Morgan fingerprint density at radius 2 is 1.84 bits per heavy atom. The maximum absolute atomic E-state index is 14.2. The molecule has 2 fully saturated rings. The molecule has 0 aliphatic carbocycles. The van der Waals surface area contributed by atoms with Gasteiger partial charge >= 0.3 is 6.18 Å². The average Bonchev–Trinajstić information content (AvgIpc) is 3.51. The highest BCUT2D eigenvalue weighted by Gasteiger charge is 2.35. The quantitative estimate of drug-likeness (QED) is 0.221. The van der Waals surface area contributed by atoms with E-state index in [-0.39, 0.29) is 23.9 Å². The predicted molar refractivity (Wildman–Crippen MR) is 163 cm³/mol. The number of amides is 1. The molecular formula is C31H35F4N7O3. The van der Waals surface area contributed by atoms with Gasteiger partial charge in [-0.2, -0.15) is 13.2 Å². The number of methoxy groups -OCH3 is 1. The molecule has 0 saturated carbocycles. The molecule has 1 amide bonds. The highest BCUT2D eigenvalue weighted by molar-refractivity contribution is 6.02. The van der Waals surface area contributed by atoms with Crippen molar-refractivity contribution in [1.82, 2.24) is 14.9 Å². The summed E-state index contributed by atoms with van der Waals surface area (Å²) in [6.07, 6.45) is 0.00853. The van der Waals surface area contributed by atoms with Crippen LogP contribution in [-0.4, -0.2) is 67.7 Å². The smallest absolute Gasteiger partial charge is 0.416 e. The van der Waals surface area contributed by atoms with Crippen molar-refractivity contribution >= 4 is 34.6 Å². The van der Waals surface area contributed by atoms with Gasteiger partial charge in [-0.25, -0.2) is 19.4 Å². The molecule has 2 aliphatic heterocycles. The van der Waals surface area contributed by atoms with E-state index in [1.165, 1.54) is 24.6 Å². The molecule has 2 saturated heterocycles. The van der Waals surface area contributed by atoms with Crippen molar-refractivity contribution in [2.24, 2.45) is 0 Å². The summed E-state index contributed by atoms with van der Waals surface area (Å²) in [6.45, 7) is 5.34. The van der Waals surface area contributed by atoms with Crippen LogP contribution >= 0.6 is 0 Å². The van der Waals surface area contributed by atoms with E-state index >= 15 is 0 Å². The number of nitrogens with one attached hydrogen (secondary N) is 2. The van der Waals surface area contributed by atoms with E-state index < -0.39 is 23.6 Å². The van der Waals surface area contributed by atoms with Gasteiger partial charge in [0.1, 0.15) is 23.7 Å². The molecule has 0 spiro atoms. The maximum Gasteiger partial charge on any atom is 0.416 e. The summed E-state index contributed by atoms with van der Waals surface area (Å²) in [4.78, 5) is 31.1. The Labute approximate surface area is 258 Å². The van der Waals surface area contributed by atoms with Gasteiger partial charge in [0, 0.05) is 37.7 Å². The van der Waals surface area contributed by atoms with Gasteiger partial charge in [-0.05, 0) is 62.8 Å². The van der Waals surface area contributed by atoms with E-state index in [0.29, 0.717) is 41.5 Å². The summed E-state index contributed by atoms with van der Waals surface area (Å²) in [7, 11) is 5.67. The van der Waals surface area contributed by atoms with Crippen molar-refractivity contribution in [3.05, 3.63) is 72.3 Å². The third kappa shape index (κ3) is 7.28. The van der Waals surface area contributed by atoms with Gasteiger partial charge in [-0.15, -0.1) is 0 Å². The van der Waals surface area contributed by atoms with Crippen molar-refractivity contribution in [3.8, 4) is 5.75 Å². The Morgan fingerprint density at radius 3 is 2.51 bits per heavy atom. The number of benzene rings is 2. The Bertz CT molecular complexity index is 1540. The minimum atomic E-state index is -4.70. The molecule has 0 bridgehead atoms. The lowest BCUT2D eigenvalue weighted by Crippen LogP contribution is -2.42. The fourth-order valence-corrected chi connectivity index (χ4v) is 5.64. The molecule has 2 aliphatic rings. The number of hydrogen-bond acceptors (Lipinski definition) is 9. The topological polar surface area (TPSA) is 95.1 Å². The highest BCUT2D eigenvalue weighted by Crippen LogP contribution is 2.41. The van der Waals surface area contributed by atoms with Crippen LogP contribution in [-0.2, 0) is 15.8 Å². The Balaban J connectivity index is 1.43. The van der Waals surface area contributed by atoms with Crippen molar-refractivity contribution in [1.29, 1.82) is 0 Å². The minimum absolute atomic E-state index is 0.113. The van der Waals surface area contributed by atoms with Gasteiger partial charge in [0.2, 0.25) is 5.91 Å². The number of halogens is 4. The van der Waals surface area contributed by atoms with Crippen LogP contribution in [0, 0.1) is 5.82 Å². The van der Waals surface area contributed by atoms with E-state index in [0.717, 1.165) is 43.8 Å². The maximum atomic E-state index is 14.2. The standard InChI is InChI=1S/C31H35F4N7O3/c1-5-30(43)39-23-15-24(27(44-4)16-26(23)41-9-6-22(7-10-41)40(2)3)38-28-17-29(37-18-36-28)42-25(8-11-45-42)19-12-20(31(33,34)35)14-21(32)13-19/h5,12-18,22,25H,1,6-11H2,2-4H3,(H,39,43)(H,36,37,38)/t25-/m1/s1. The first-order valence-electron chi connectivity index (χ1n) is 14.4. The Morgan fingerprint density at radius 1 is 1.09 bits per heavy atom. The summed E-state index contributed by atoms with van der Waals surface area (Å²) in [5.74, 6) is -0.293. The summed E-state index contributed by atoms with van der Waals surface area (Å²) in [5.41, 5.74) is 0.881. The molecule has 2 aromatic carbocycles. The molecule has 2 N–H and O–H groups in total. The van der Waals surface area contributed by atoms with Crippen molar-refractivity contribution in [2.75, 3.05) is 61.5 Å². The lowest BCUT2D eigenvalue weighted by atomic mass is 10.0. The molecule has 45 heavy (non-hydrogen) atoms. The first kappa shape index (κ1) is 32.0. The monoisotopic (exact) mass is 629 g/mol.